The lowest BCUT2D eigenvalue weighted by molar-refractivity contribution is 0.0696. The van der Waals surface area contributed by atoms with Crippen molar-refractivity contribution in [2.24, 2.45) is 0 Å². The Morgan fingerprint density at radius 1 is 1.00 bits per heavy atom. The van der Waals surface area contributed by atoms with E-state index in [-0.39, 0.29) is 22.0 Å². The number of methoxy groups -OCH3 is 2. The molecule has 0 spiro atoms. The number of ether oxygens (including phenoxy) is 3. The number of aryl methyl sites for hydroxylation is 1. The lowest BCUT2D eigenvalue weighted by atomic mass is 10.1. The Labute approximate surface area is 145 Å². The van der Waals surface area contributed by atoms with Gasteiger partial charge in [-0.05, 0) is 36.8 Å². The molecule has 0 aliphatic carbocycles. The van der Waals surface area contributed by atoms with E-state index in [1.54, 1.807) is 25.1 Å². The van der Waals surface area contributed by atoms with Crippen molar-refractivity contribution >= 4 is 15.8 Å². The molecule has 0 heterocycles. The number of carboxylic acid groups (broad SMARTS) is 1. The summed E-state index contributed by atoms with van der Waals surface area (Å²) >= 11 is 0. The highest BCUT2D eigenvalue weighted by Gasteiger charge is 2.21. The summed E-state index contributed by atoms with van der Waals surface area (Å²) in [6.45, 7) is 1.56. The maximum absolute atomic E-state index is 12.1. The highest BCUT2D eigenvalue weighted by molar-refractivity contribution is 7.90. The molecule has 0 atom stereocenters. The zero-order valence-corrected chi connectivity index (χ0v) is 15.0. The van der Waals surface area contributed by atoms with Crippen LogP contribution in [-0.4, -0.2) is 40.0 Å². The number of hydrogen-bond acceptors (Lipinski definition) is 6. The van der Waals surface area contributed by atoms with Crippen molar-refractivity contribution in [3.63, 3.8) is 0 Å². The van der Waals surface area contributed by atoms with Crippen molar-refractivity contribution in [2.45, 2.75) is 11.8 Å². The smallest absolute Gasteiger partial charge is 0.335 e. The average Bonchev–Trinajstić information content (AvgIpc) is 2.53. The molecule has 0 saturated carbocycles. The predicted octanol–water partition coefficient (Wildman–Crippen LogP) is 2.91. The van der Waals surface area contributed by atoms with Crippen LogP contribution in [0.4, 0.5) is 0 Å². The Morgan fingerprint density at radius 3 is 2.20 bits per heavy atom. The average molecular weight is 366 g/mol. The second kappa shape index (κ2) is 7.02. The molecule has 0 radical (unpaired) electrons. The van der Waals surface area contributed by atoms with Gasteiger partial charge < -0.3 is 19.3 Å². The third kappa shape index (κ3) is 4.03. The molecule has 2 aromatic carbocycles. The van der Waals surface area contributed by atoms with Gasteiger partial charge in [0.15, 0.2) is 21.3 Å². The maximum Gasteiger partial charge on any atom is 0.335 e. The largest absolute Gasteiger partial charge is 0.497 e. The van der Waals surface area contributed by atoms with E-state index in [9.17, 15) is 18.3 Å². The van der Waals surface area contributed by atoms with E-state index in [4.69, 9.17) is 14.2 Å². The molecule has 0 aliphatic heterocycles. The summed E-state index contributed by atoms with van der Waals surface area (Å²) in [6, 6.07) is 7.27. The fourth-order valence-electron chi connectivity index (χ4n) is 2.24. The molecule has 0 fully saturated rings. The van der Waals surface area contributed by atoms with Crippen LogP contribution in [0.1, 0.15) is 15.9 Å². The van der Waals surface area contributed by atoms with Gasteiger partial charge in [0, 0.05) is 12.3 Å². The van der Waals surface area contributed by atoms with Gasteiger partial charge in [-0.25, -0.2) is 13.2 Å². The molecule has 0 bridgehead atoms. The Kier molecular flexibility index (Phi) is 5.22. The van der Waals surface area contributed by atoms with Crippen molar-refractivity contribution < 1.29 is 32.5 Å². The van der Waals surface area contributed by atoms with Crippen molar-refractivity contribution in [2.75, 3.05) is 20.5 Å². The molecule has 0 amide bonds. The standard InChI is InChI=1S/C17H18O7S/c1-10-7-15(16(25(4,20)21)9-12(10)17(18)19)24-13-6-5-11(22-2)8-14(13)23-3/h5-9H,1-4H3,(H,18,19). The van der Waals surface area contributed by atoms with E-state index in [2.05, 4.69) is 0 Å². The van der Waals surface area contributed by atoms with E-state index < -0.39 is 15.8 Å². The molecule has 0 unspecified atom stereocenters. The van der Waals surface area contributed by atoms with Crippen LogP contribution in [0.2, 0.25) is 0 Å². The quantitative estimate of drug-likeness (QED) is 0.839. The number of sulfone groups is 1. The van der Waals surface area contributed by atoms with E-state index in [0.717, 1.165) is 12.3 Å². The first kappa shape index (κ1) is 18.6. The van der Waals surface area contributed by atoms with E-state index in [1.807, 2.05) is 0 Å². The Hall–Kier alpha value is -2.74. The van der Waals surface area contributed by atoms with Crippen molar-refractivity contribution in [3.8, 4) is 23.0 Å². The SMILES string of the molecule is COc1ccc(Oc2cc(C)c(C(=O)O)cc2S(C)(=O)=O)c(OC)c1. The van der Waals surface area contributed by atoms with Crippen LogP contribution in [0.5, 0.6) is 23.0 Å². The third-order valence-electron chi connectivity index (χ3n) is 3.51. The van der Waals surface area contributed by atoms with Crippen molar-refractivity contribution in [1.29, 1.82) is 0 Å². The number of rotatable bonds is 6. The fourth-order valence-corrected chi connectivity index (χ4v) is 3.04. The van der Waals surface area contributed by atoms with E-state index in [1.165, 1.54) is 20.3 Å². The molecule has 1 N–H and O–H groups in total. The number of hydrogen-bond donors (Lipinski definition) is 1. The summed E-state index contributed by atoms with van der Waals surface area (Å²) in [7, 11) is -0.765. The minimum atomic E-state index is -3.71. The fraction of sp³-hybridized carbons (Fsp3) is 0.235. The second-order valence-corrected chi connectivity index (χ2v) is 7.29. The van der Waals surface area contributed by atoms with Gasteiger partial charge in [-0.3, -0.25) is 0 Å². The Bertz CT molecular complexity index is 917. The topological polar surface area (TPSA) is 99.1 Å². The van der Waals surface area contributed by atoms with Gasteiger partial charge in [0.05, 0.1) is 19.8 Å². The van der Waals surface area contributed by atoms with Gasteiger partial charge in [-0.15, -0.1) is 0 Å². The first-order chi connectivity index (χ1) is 11.7. The first-order valence-corrected chi connectivity index (χ1v) is 9.04. The van der Waals surface area contributed by atoms with Crippen LogP contribution in [0.3, 0.4) is 0 Å². The van der Waals surface area contributed by atoms with Crippen LogP contribution in [0, 0.1) is 6.92 Å². The monoisotopic (exact) mass is 366 g/mol. The molecule has 0 aromatic heterocycles. The number of aromatic carboxylic acids is 1. The zero-order valence-electron chi connectivity index (χ0n) is 14.2. The van der Waals surface area contributed by atoms with Gasteiger partial charge in [0.1, 0.15) is 16.4 Å². The Morgan fingerprint density at radius 2 is 1.68 bits per heavy atom. The van der Waals surface area contributed by atoms with Crippen LogP contribution < -0.4 is 14.2 Å². The van der Waals surface area contributed by atoms with Crippen molar-refractivity contribution in [3.05, 3.63) is 41.5 Å². The predicted molar refractivity (Wildman–Crippen MR) is 90.9 cm³/mol. The first-order valence-electron chi connectivity index (χ1n) is 7.15. The van der Waals surface area contributed by atoms with Gasteiger partial charge in [0.25, 0.3) is 0 Å². The minimum absolute atomic E-state index is 0.0217. The zero-order chi connectivity index (χ0) is 18.8. The number of benzene rings is 2. The lowest BCUT2D eigenvalue weighted by Gasteiger charge is -2.15. The van der Waals surface area contributed by atoms with Crippen LogP contribution in [0.25, 0.3) is 0 Å². The summed E-state index contributed by atoms with van der Waals surface area (Å²) in [5, 5.41) is 9.21. The van der Waals surface area contributed by atoms with E-state index >= 15 is 0 Å². The molecule has 134 valence electrons. The summed E-state index contributed by atoms with van der Waals surface area (Å²) in [6.07, 6.45) is 0.988. The van der Waals surface area contributed by atoms with E-state index in [0.29, 0.717) is 17.1 Å². The summed E-state index contributed by atoms with van der Waals surface area (Å²) in [4.78, 5) is 11.1. The molecule has 2 rings (SSSR count). The second-order valence-electron chi connectivity index (χ2n) is 5.31. The van der Waals surface area contributed by atoms with Gasteiger partial charge in [-0.1, -0.05) is 0 Å². The Balaban J connectivity index is 2.60. The highest BCUT2D eigenvalue weighted by atomic mass is 32.2. The van der Waals surface area contributed by atoms with Crippen molar-refractivity contribution in [1.82, 2.24) is 0 Å². The van der Waals surface area contributed by atoms with Gasteiger partial charge >= 0.3 is 5.97 Å². The lowest BCUT2D eigenvalue weighted by Crippen LogP contribution is -2.07. The van der Waals surface area contributed by atoms with Crippen LogP contribution in [-0.2, 0) is 9.84 Å². The molecule has 0 aliphatic rings. The molecular formula is C17H18O7S. The number of carbonyl (C=O) groups is 1. The normalized spacial score (nSPS) is 11.0. The number of carboxylic acids is 1. The summed E-state index contributed by atoms with van der Waals surface area (Å²) in [5.74, 6) is -0.0242. The molecule has 8 heteroatoms. The van der Waals surface area contributed by atoms with Gasteiger partial charge in [-0.2, -0.15) is 0 Å². The minimum Gasteiger partial charge on any atom is -0.497 e. The highest BCUT2D eigenvalue weighted by Crippen LogP contribution is 2.38. The van der Waals surface area contributed by atoms with Crippen LogP contribution >= 0.6 is 0 Å². The summed E-state index contributed by atoms with van der Waals surface area (Å²) in [5.41, 5.74) is 0.275. The third-order valence-corrected chi connectivity index (χ3v) is 4.63. The van der Waals surface area contributed by atoms with Crippen LogP contribution in [0.15, 0.2) is 35.2 Å². The van der Waals surface area contributed by atoms with Gasteiger partial charge in [0.2, 0.25) is 0 Å². The molecule has 0 saturated heterocycles. The maximum atomic E-state index is 12.1. The molecule has 7 nitrogen and oxygen atoms in total. The summed E-state index contributed by atoms with van der Waals surface area (Å²) < 4.78 is 40.2. The molecular weight excluding hydrogens is 348 g/mol. The molecule has 25 heavy (non-hydrogen) atoms. The molecule has 2 aromatic rings.